The van der Waals surface area contributed by atoms with Crippen LogP contribution >= 0.6 is 0 Å². The van der Waals surface area contributed by atoms with Crippen molar-refractivity contribution in [1.82, 2.24) is 0 Å². The van der Waals surface area contributed by atoms with Gasteiger partial charge in [-0.2, -0.15) is 0 Å². The molecule has 0 aliphatic rings. The van der Waals surface area contributed by atoms with E-state index in [2.05, 4.69) is 81.5 Å². The van der Waals surface area contributed by atoms with Crippen molar-refractivity contribution < 1.29 is 28.6 Å². The van der Waals surface area contributed by atoms with Gasteiger partial charge >= 0.3 is 17.9 Å². The molecule has 0 heterocycles. The molecular formula is C76H138O6. The van der Waals surface area contributed by atoms with Gasteiger partial charge in [0.1, 0.15) is 13.2 Å². The van der Waals surface area contributed by atoms with E-state index >= 15 is 0 Å². The van der Waals surface area contributed by atoms with E-state index in [4.69, 9.17) is 14.2 Å². The first kappa shape index (κ1) is 79.1. The number of rotatable bonds is 67. The highest BCUT2D eigenvalue weighted by molar-refractivity contribution is 5.71. The molecule has 6 nitrogen and oxygen atoms in total. The molecule has 0 N–H and O–H groups in total. The Labute approximate surface area is 510 Å². The molecule has 0 saturated carbocycles. The Morgan fingerprint density at radius 3 is 0.744 bits per heavy atom. The van der Waals surface area contributed by atoms with Gasteiger partial charge in [-0.25, -0.2) is 0 Å². The highest BCUT2D eigenvalue weighted by Crippen LogP contribution is 2.19. The van der Waals surface area contributed by atoms with Crippen molar-refractivity contribution in [2.75, 3.05) is 13.2 Å². The number of esters is 3. The zero-order chi connectivity index (χ0) is 59.2. The van der Waals surface area contributed by atoms with Gasteiger partial charge in [0.2, 0.25) is 0 Å². The van der Waals surface area contributed by atoms with Gasteiger partial charge in [-0.1, -0.05) is 364 Å². The molecule has 0 saturated heterocycles. The molecule has 0 aromatic carbocycles. The number of carbonyl (C=O) groups is 3. The Hall–Kier alpha value is -2.89. The van der Waals surface area contributed by atoms with Crippen molar-refractivity contribution in [2.45, 2.75) is 393 Å². The average molecular weight is 1150 g/mol. The Morgan fingerprint density at radius 2 is 0.476 bits per heavy atom. The average Bonchev–Trinajstić information content (AvgIpc) is 3.48. The smallest absolute Gasteiger partial charge is 0.306 e. The van der Waals surface area contributed by atoms with Crippen LogP contribution in [0.2, 0.25) is 0 Å². The predicted molar refractivity (Wildman–Crippen MR) is 358 cm³/mol. The molecule has 6 heteroatoms. The van der Waals surface area contributed by atoms with E-state index in [9.17, 15) is 14.4 Å². The van der Waals surface area contributed by atoms with Gasteiger partial charge < -0.3 is 14.2 Å². The van der Waals surface area contributed by atoms with E-state index < -0.39 is 6.10 Å². The molecule has 0 rings (SSSR count). The second-order valence-electron chi connectivity index (χ2n) is 24.5. The lowest BCUT2D eigenvalue weighted by molar-refractivity contribution is -0.167. The van der Waals surface area contributed by atoms with Crippen molar-refractivity contribution >= 4 is 17.9 Å². The van der Waals surface area contributed by atoms with Crippen molar-refractivity contribution in [3.05, 3.63) is 60.8 Å². The van der Waals surface area contributed by atoms with Crippen molar-refractivity contribution in [1.29, 1.82) is 0 Å². The summed E-state index contributed by atoms with van der Waals surface area (Å²) in [7, 11) is 0. The van der Waals surface area contributed by atoms with E-state index in [0.29, 0.717) is 19.3 Å². The molecule has 1 unspecified atom stereocenters. The van der Waals surface area contributed by atoms with E-state index in [0.717, 1.165) is 109 Å². The monoisotopic (exact) mass is 1150 g/mol. The lowest BCUT2D eigenvalue weighted by atomic mass is 10.0. The molecule has 0 radical (unpaired) electrons. The molecule has 0 fully saturated rings. The lowest BCUT2D eigenvalue weighted by Crippen LogP contribution is -2.30. The van der Waals surface area contributed by atoms with Crippen LogP contribution < -0.4 is 0 Å². The van der Waals surface area contributed by atoms with Crippen molar-refractivity contribution in [3.63, 3.8) is 0 Å². The molecule has 0 aliphatic heterocycles. The van der Waals surface area contributed by atoms with Crippen LogP contribution in [0.4, 0.5) is 0 Å². The van der Waals surface area contributed by atoms with Gasteiger partial charge in [-0.3, -0.25) is 14.4 Å². The summed E-state index contributed by atoms with van der Waals surface area (Å²) < 4.78 is 16.9. The topological polar surface area (TPSA) is 78.9 Å². The largest absolute Gasteiger partial charge is 0.462 e. The summed E-state index contributed by atoms with van der Waals surface area (Å²) in [6.45, 7) is 6.54. The maximum atomic E-state index is 12.9. The van der Waals surface area contributed by atoms with Crippen LogP contribution in [-0.2, 0) is 28.6 Å². The summed E-state index contributed by atoms with van der Waals surface area (Å²) in [6.07, 6.45) is 91.6. The fourth-order valence-corrected chi connectivity index (χ4v) is 10.9. The van der Waals surface area contributed by atoms with Gasteiger partial charge in [0.15, 0.2) is 6.10 Å². The molecule has 0 amide bonds. The molecule has 82 heavy (non-hydrogen) atoms. The second kappa shape index (κ2) is 70.6. The number of hydrogen-bond acceptors (Lipinski definition) is 6. The van der Waals surface area contributed by atoms with Gasteiger partial charge in [0, 0.05) is 19.3 Å². The Morgan fingerprint density at radius 1 is 0.256 bits per heavy atom. The zero-order valence-electron chi connectivity index (χ0n) is 55.0. The van der Waals surface area contributed by atoms with Crippen LogP contribution in [0.5, 0.6) is 0 Å². The molecule has 0 bridgehead atoms. The van der Waals surface area contributed by atoms with E-state index in [1.807, 2.05) is 0 Å². The third-order valence-corrected chi connectivity index (χ3v) is 16.3. The number of carbonyl (C=O) groups excluding carboxylic acids is 3. The molecule has 0 aliphatic carbocycles. The van der Waals surface area contributed by atoms with Gasteiger partial charge in [0.25, 0.3) is 0 Å². The highest BCUT2D eigenvalue weighted by Gasteiger charge is 2.19. The summed E-state index contributed by atoms with van der Waals surface area (Å²) in [5.41, 5.74) is 0. The van der Waals surface area contributed by atoms with Gasteiger partial charge in [-0.05, 0) is 64.2 Å². The Bertz CT molecular complexity index is 1460. The van der Waals surface area contributed by atoms with Crippen molar-refractivity contribution in [2.24, 2.45) is 0 Å². The maximum Gasteiger partial charge on any atom is 0.306 e. The third-order valence-electron chi connectivity index (χ3n) is 16.3. The first-order valence-electron chi connectivity index (χ1n) is 36.3. The molecule has 0 aromatic rings. The first-order chi connectivity index (χ1) is 40.5. The van der Waals surface area contributed by atoms with Crippen LogP contribution in [-0.4, -0.2) is 37.2 Å². The number of unbranched alkanes of at least 4 members (excludes halogenated alkanes) is 46. The third kappa shape index (κ3) is 67.9. The predicted octanol–water partition coefficient (Wildman–Crippen LogP) is 25.1. The van der Waals surface area contributed by atoms with Crippen LogP contribution in [0.3, 0.4) is 0 Å². The summed E-state index contributed by atoms with van der Waals surface area (Å²) in [6, 6.07) is 0. The van der Waals surface area contributed by atoms with Crippen molar-refractivity contribution in [3.8, 4) is 0 Å². The fourth-order valence-electron chi connectivity index (χ4n) is 10.9. The van der Waals surface area contributed by atoms with Crippen LogP contribution in [0, 0.1) is 0 Å². The molecule has 0 aromatic heterocycles. The van der Waals surface area contributed by atoms with Gasteiger partial charge in [-0.15, -0.1) is 0 Å². The molecule has 478 valence electrons. The van der Waals surface area contributed by atoms with Gasteiger partial charge in [0.05, 0.1) is 0 Å². The zero-order valence-corrected chi connectivity index (χ0v) is 55.0. The number of allylic oxidation sites excluding steroid dienone is 10. The standard InChI is InChI=1S/C76H138O6/c1-4-7-10-13-16-19-21-23-25-27-29-31-32-33-34-35-36-37-38-39-40-41-42-43-44-46-47-49-51-53-55-57-60-63-66-69-75(78)81-72-73(71-80-74(77)68-65-62-59-18-15-12-9-6-3)82-76(79)70-67-64-61-58-56-54-52-50-48-45-30-28-26-24-22-20-17-14-11-8-5-2/h8,11,17,20,24,26,30,45,50,52,73H,4-7,9-10,12-16,18-19,21-23,25,27-29,31-44,46-49,51,53-72H2,1-3H3/b11-8-,20-17-,26-24-,45-30-,52-50-. The van der Waals surface area contributed by atoms with E-state index in [1.54, 1.807) is 0 Å². The summed E-state index contributed by atoms with van der Waals surface area (Å²) >= 11 is 0. The normalized spacial score (nSPS) is 12.4. The second-order valence-corrected chi connectivity index (χ2v) is 24.5. The molecule has 0 spiro atoms. The van der Waals surface area contributed by atoms with Crippen LogP contribution in [0.15, 0.2) is 60.8 Å². The first-order valence-corrected chi connectivity index (χ1v) is 36.3. The molecular weight excluding hydrogens is 1010 g/mol. The fraction of sp³-hybridized carbons (Fsp3) is 0.829. The Kier molecular flexibility index (Phi) is 68.1. The number of ether oxygens (including phenoxy) is 3. The highest BCUT2D eigenvalue weighted by atomic mass is 16.6. The summed E-state index contributed by atoms with van der Waals surface area (Å²) in [5, 5.41) is 0. The maximum absolute atomic E-state index is 12.9. The molecule has 1 atom stereocenters. The van der Waals surface area contributed by atoms with E-state index in [1.165, 1.54) is 238 Å². The lowest BCUT2D eigenvalue weighted by Gasteiger charge is -2.18. The minimum Gasteiger partial charge on any atom is -0.462 e. The SMILES string of the molecule is CC/C=C\C/C=C\C/C=C\C/C=C\C/C=C\CCCCCCCC(=O)OC(COC(=O)CCCCCCCCCC)COC(=O)CCCCCCCCCCCCCCCCCCCCCCCCCCCCCCCCCCCCC. The van der Waals surface area contributed by atoms with Crippen LogP contribution in [0.25, 0.3) is 0 Å². The summed E-state index contributed by atoms with van der Waals surface area (Å²) in [4.78, 5) is 38.2. The Balaban J connectivity index is 4.00. The quantitative estimate of drug-likeness (QED) is 0.0261. The summed E-state index contributed by atoms with van der Waals surface area (Å²) in [5.74, 6) is -0.882. The van der Waals surface area contributed by atoms with Crippen LogP contribution in [0.1, 0.15) is 387 Å². The van der Waals surface area contributed by atoms with E-state index in [-0.39, 0.29) is 31.1 Å². The number of hydrogen-bond donors (Lipinski definition) is 0. The minimum absolute atomic E-state index is 0.0783. The minimum atomic E-state index is -0.782.